The lowest BCUT2D eigenvalue weighted by Crippen LogP contribution is -2.56. The molecule has 1 fully saturated rings. The predicted octanol–water partition coefficient (Wildman–Crippen LogP) is 4.34. The lowest BCUT2D eigenvalue weighted by atomic mass is 9.54. The number of rotatable bonds is 2. The van der Waals surface area contributed by atoms with Gasteiger partial charge >= 0.3 is 11.9 Å². The molecule has 0 bridgehead atoms. The van der Waals surface area contributed by atoms with Crippen molar-refractivity contribution in [3.05, 3.63) is 24.3 Å². The van der Waals surface area contributed by atoms with E-state index in [9.17, 15) is 9.59 Å². The molecule has 0 heterocycles. The third kappa shape index (κ3) is 3.42. The van der Waals surface area contributed by atoms with Crippen molar-refractivity contribution in [1.82, 2.24) is 0 Å². The largest absolute Gasteiger partial charge is 0.459 e. The van der Waals surface area contributed by atoms with E-state index < -0.39 is 22.0 Å². The van der Waals surface area contributed by atoms with Crippen molar-refractivity contribution in [2.24, 2.45) is 10.8 Å². The molecule has 0 aromatic rings. The van der Waals surface area contributed by atoms with Gasteiger partial charge in [0.1, 0.15) is 22.0 Å². The summed E-state index contributed by atoms with van der Waals surface area (Å²) in [6.45, 7) is 11.1. The Morgan fingerprint density at radius 1 is 0.750 bits per heavy atom. The van der Waals surface area contributed by atoms with Crippen molar-refractivity contribution in [1.29, 1.82) is 0 Å². The van der Waals surface area contributed by atoms with E-state index in [2.05, 4.69) is 0 Å². The molecule has 0 unspecified atom stereocenters. The summed E-state index contributed by atoms with van der Waals surface area (Å²) in [5.74, 6) is -0.665. The molecule has 0 amide bonds. The molecule has 0 N–H and O–H groups in total. The first-order valence-electron chi connectivity index (χ1n) is 8.76. The van der Waals surface area contributed by atoms with Gasteiger partial charge in [-0.1, -0.05) is 37.1 Å². The Labute approximate surface area is 145 Å². The van der Waals surface area contributed by atoms with Crippen molar-refractivity contribution < 1.29 is 19.1 Å². The molecule has 0 aromatic carbocycles. The van der Waals surface area contributed by atoms with Crippen LogP contribution in [0, 0.1) is 10.8 Å². The van der Waals surface area contributed by atoms with Crippen molar-refractivity contribution in [3.8, 4) is 0 Å². The molecule has 2 rings (SSSR count). The SMILES string of the molecule is CC(C)(C)OC(=O)[C@@]12C=CC=C[C@]1(C(=O)OC(C)(C)C)CCCC2. The summed E-state index contributed by atoms with van der Waals surface area (Å²) < 4.78 is 11.4. The van der Waals surface area contributed by atoms with Gasteiger partial charge < -0.3 is 9.47 Å². The molecular weight excluding hydrogens is 304 g/mol. The monoisotopic (exact) mass is 334 g/mol. The minimum absolute atomic E-state index is 0.332. The van der Waals surface area contributed by atoms with Crippen LogP contribution in [0.3, 0.4) is 0 Å². The summed E-state index contributed by atoms with van der Waals surface area (Å²) in [5, 5.41) is 0. The molecule has 0 spiro atoms. The van der Waals surface area contributed by atoms with Gasteiger partial charge in [0.15, 0.2) is 0 Å². The quantitative estimate of drug-likeness (QED) is 0.705. The molecule has 24 heavy (non-hydrogen) atoms. The fraction of sp³-hybridized carbons (Fsp3) is 0.700. The van der Waals surface area contributed by atoms with Gasteiger partial charge in [-0.05, 0) is 54.4 Å². The third-order valence-corrected chi connectivity index (χ3v) is 4.59. The number of carbonyl (C=O) groups is 2. The molecule has 2 atom stereocenters. The molecule has 0 radical (unpaired) electrons. The molecule has 2 aliphatic carbocycles. The number of allylic oxidation sites excluding steroid dienone is 2. The number of ether oxygens (including phenoxy) is 2. The summed E-state index contributed by atoms with van der Waals surface area (Å²) in [5.41, 5.74) is -3.15. The highest BCUT2D eigenvalue weighted by Crippen LogP contribution is 2.56. The smallest absolute Gasteiger partial charge is 0.317 e. The van der Waals surface area contributed by atoms with Crippen molar-refractivity contribution >= 4 is 11.9 Å². The lowest BCUT2D eigenvalue weighted by Gasteiger charge is -2.49. The molecule has 0 aromatic heterocycles. The molecule has 2 aliphatic rings. The van der Waals surface area contributed by atoms with Gasteiger partial charge in [-0.25, -0.2) is 0 Å². The normalized spacial score (nSPS) is 29.8. The number of hydrogen-bond donors (Lipinski definition) is 0. The summed E-state index contributed by atoms with van der Waals surface area (Å²) in [6, 6.07) is 0. The van der Waals surface area contributed by atoms with Gasteiger partial charge in [-0.2, -0.15) is 0 Å². The number of carbonyl (C=O) groups excluding carboxylic acids is 2. The van der Waals surface area contributed by atoms with Crippen LogP contribution in [0.15, 0.2) is 24.3 Å². The van der Waals surface area contributed by atoms with Crippen molar-refractivity contribution in [2.75, 3.05) is 0 Å². The minimum atomic E-state index is -0.977. The van der Waals surface area contributed by atoms with Crippen molar-refractivity contribution in [2.45, 2.75) is 78.4 Å². The van der Waals surface area contributed by atoms with E-state index in [0.29, 0.717) is 12.8 Å². The fourth-order valence-electron chi connectivity index (χ4n) is 3.60. The highest BCUT2D eigenvalue weighted by atomic mass is 16.6. The maximum Gasteiger partial charge on any atom is 0.317 e. The van der Waals surface area contributed by atoms with E-state index in [-0.39, 0.29) is 11.9 Å². The van der Waals surface area contributed by atoms with Gasteiger partial charge in [-0.3, -0.25) is 9.59 Å². The Balaban J connectivity index is 2.48. The number of fused-ring (bicyclic) bond motifs is 1. The Bertz CT molecular complexity index is 521. The van der Waals surface area contributed by atoms with Crippen LogP contribution in [0.1, 0.15) is 67.2 Å². The summed E-state index contributed by atoms with van der Waals surface area (Å²) in [4.78, 5) is 26.3. The number of esters is 2. The first-order valence-corrected chi connectivity index (χ1v) is 8.76. The Morgan fingerprint density at radius 2 is 1.08 bits per heavy atom. The molecule has 4 nitrogen and oxygen atoms in total. The first-order chi connectivity index (χ1) is 10.9. The van der Waals surface area contributed by atoms with Gasteiger partial charge in [-0.15, -0.1) is 0 Å². The van der Waals surface area contributed by atoms with Crippen LogP contribution < -0.4 is 0 Å². The summed E-state index contributed by atoms with van der Waals surface area (Å²) >= 11 is 0. The predicted molar refractivity (Wildman–Crippen MR) is 93.3 cm³/mol. The van der Waals surface area contributed by atoms with Crippen LogP contribution in [0.25, 0.3) is 0 Å². The van der Waals surface area contributed by atoms with Crippen LogP contribution in [-0.4, -0.2) is 23.1 Å². The minimum Gasteiger partial charge on any atom is -0.459 e. The fourth-order valence-corrected chi connectivity index (χ4v) is 3.60. The van der Waals surface area contributed by atoms with Gasteiger partial charge in [0.2, 0.25) is 0 Å². The van der Waals surface area contributed by atoms with Crippen LogP contribution in [0.4, 0.5) is 0 Å². The molecule has 134 valence electrons. The average Bonchev–Trinajstić information content (AvgIpc) is 2.43. The van der Waals surface area contributed by atoms with Crippen LogP contribution in [0.5, 0.6) is 0 Å². The zero-order valence-electron chi connectivity index (χ0n) is 15.8. The zero-order valence-corrected chi connectivity index (χ0v) is 15.8. The molecule has 0 aliphatic heterocycles. The van der Waals surface area contributed by atoms with E-state index in [1.165, 1.54) is 0 Å². The van der Waals surface area contributed by atoms with E-state index in [1.54, 1.807) is 0 Å². The van der Waals surface area contributed by atoms with E-state index in [1.807, 2.05) is 65.8 Å². The first kappa shape index (κ1) is 18.8. The number of hydrogen-bond acceptors (Lipinski definition) is 4. The maximum atomic E-state index is 13.1. The zero-order chi connectivity index (χ0) is 18.2. The second-order valence-corrected chi connectivity index (χ2v) is 8.87. The maximum absolute atomic E-state index is 13.1. The summed E-state index contributed by atoms with van der Waals surface area (Å²) in [7, 11) is 0. The van der Waals surface area contributed by atoms with Gasteiger partial charge in [0.25, 0.3) is 0 Å². The third-order valence-electron chi connectivity index (χ3n) is 4.59. The summed E-state index contributed by atoms with van der Waals surface area (Å²) in [6.07, 6.45) is 10.4. The second-order valence-electron chi connectivity index (χ2n) is 8.87. The topological polar surface area (TPSA) is 52.6 Å². The van der Waals surface area contributed by atoms with Gasteiger partial charge in [0, 0.05) is 0 Å². The highest BCUT2D eigenvalue weighted by molar-refractivity contribution is 5.93. The Morgan fingerprint density at radius 3 is 1.38 bits per heavy atom. The molecular formula is C20H30O4. The lowest BCUT2D eigenvalue weighted by molar-refractivity contribution is -0.189. The van der Waals surface area contributed by atoms with E-state index in [0.717, 1.165) is 12.8 Å². The molecule has 0 saturated heterocycles. The highest BCUT2D eigenvalue weighted by Gasteiger charge is 2.62. The average molecular weight is 334 g/mol. The Hall–Kier alpha value is -1.58. The van der Waals surface area contributed by atoms with Crippen molar-refractivity contribution in [3.63, 3.8) is 0 Å². The standard InChI is InChI=1S/C20H30O4/c1-17(2,3)23-15(21)19-11-7-9-13-20(19,14-10-8-12-19)16(22)24-18(4,5)6/h7,9,11,13H,8,10,12,14H2,1-6H3/t19-,20+. The molecule has 1 saturated carbocycles. The van der Waals surface area contributed by atoms with Crippen LogP contribution in [0.2, 0.25) is 0 Å². The van der Waals surface area contributed by atoms with Crippen LogP contribution >= 0.6 is 0 Å². The van der Waals surface area contributed by atoms with E-state index in [4.69, 9.17) is 9.47 Å². The second kappa shape index (κ2) is 6.05. The van der Waals surface area contributed by atoms with Crippen LogP contribution in [-0.2, 0) is 19.1 Å². The Kier molecular flexibility index (Phi) is 4.73. The van der Waals surface area contributed by atoms with Gasteiger partial charge in [0.05, 0.1) is 0 Å². The molecule has 4 heteroatoms. The van der Waals surface area contributed by atoms with E-state index >= 15 is 0 Å².